The maximum absolute atomic E-state index is 8.93. The molecule has 0 bridgehead atoms. The average Bonchev–Trinajstić information content (AvgIpc) is 2.93. The summed E-state index contributed by atoms with van der Waals surface area (Å²) in [6, 6.07) is 7.03. The minimum absolute atomic E-state index is 0.186. The molecule has 0 N–H and O–H groups in total. The summed E-state index contributed by atoms with van der Waals surface area (Å²) in [6.45, 7) is 2.23. The second kappa shape index (κ2) is 6.57. The van der Waals surface area contributed by atoms with Crippen LogP contribution in [-0.2, 0) is 13.0 Å². The van der Waals surface area contributed by atoms with Crippen molar-refractivity contribution in [2.75, 3.05) is 7.11 Å². The molecule has 0 atom stereocenters. The van der Waals surface area contributed by atoms with Crippen molar-refractivity contribution in [3.05, 3.63) is 35.5 Å². The molecule has 0 unspecified atom stereocenters. The zero-order valence-corrected chi connectivity index (χ0v) is 11.4. The van der Waals surface area contributed by atoms with Gasteiger partial charge in [0.1, 0.15) is 11.5 Å². The fraction of sp³-hybridized carbons (Fsp3) is 0.357. The standard InChI is InChI=1S/C14H15N3O3/c1-3-4-14-16-13(17-20-14)9-19-12-6-10(8-15)5-11(7-12)18-2/h5-7H,3-4,9H2,1-2H3. The zero-order valence-electron chi connectivity index (χ0n) is 11.4. The molecule has 104 valence electrons. The first-order chi connectivity index (χ1) is 9.75. The average molecular weight is 273 g/mol. The van der Waals surface area contributed by atoms with Gasteiger partial charge in [0.25, 0.3) is 0 Å². The fourth-order valence-electron chi connectivity index (χ4n) is 1.65. The fourth-order valence-corrected chi connectivity index (χ4v) is 1.65. The molecule has 6 nitrogen and oxygen atoms in total. The van der Waals surface area contributed by atoms with E-state index in [0.29, 0.717) is 28.8 Å². The lowest BCUT2D eigenvalue weighted by atomic mass is 10.2. The summed E-state index contributed by atoms with van der Waals surface area (Å²) in [4.78, 5) is 4.20. The summed E-state index contributed by atoms with van der Waals surface area (Å²) < 4.78 is 15.7. The van der Waals surface area contributed by atoms with E-state index in [1.807, 2.05) is 6.92 Å². The minimum atomic E-state index is 0.186. The lowest BCUT2D eigenvalue weighted by Crippen LogP contribution is -1.98. The Morgan fingerprint density at radius 3 is 2.80 bits per heavy atom. The Hall–Kier alpha value is -2.55. The minimum Gasteiger partial charge on any atom is -0.497 e. The van der Waals surface area contributed by atoms with Gasteiger partial charge in [-0.05, 0) is 18.6 Å². The van der Waals surface area contributed by atoms with Gasteiger partial charge in [-0.3, -0.25) is 0 Å². The molecular weight excluding hydrogens is 258 g/mol. The van der Waals surface area contributed by atoms with E-state index in [4.69, 9.17) is 19.3 Å². The second-order valence-corrected chi connectivity index (χ2v) is 4.15. The molecule has 0 radical (unpaired) electrons. The van der Waals surface area contributed by atoms with Gasteiger partial charge in [0.05, 0.1) is 18.7 Å². The third-order valence-electron chi connectivity index (χ3n) is 2.59. The first-order valence-corrected chi connectivity index (χ1v) is 6.28. The number of nitrogens with zero attached hydrogens (tertiary/aromatic N) is 3. The van der Waals surface area contributed by atoms with Crippen molar-refractivity contribution in [3.8, 4) is 17.6 Å². The smallest absolute Gasteiger partial charge is 0.226 e. The molecule has 1 heterocycles. The van der Waals surface area contributed by atoms with Gasteiger partial charge in [-0.25, -0.2) is 0 Å². The Labute approximate surface area is 116 Å². The zero-order chi connectivity index (χ0) is 14.4. The van der Waals surface area contributed by atoms with Crippen LogP contribution in [0.1, 0.15) is 30.6 Å². The van der Waals surface area contributed by atoms with Gasteiger partial charge in [0.15, 0.2) is 6.61 Å². The monoisotopic (exact) mass is 273 g/mol. The van der Waals surface area contributed by atoms with Crippen LogP contribution in [0.3, 0.4) is 0 Å². The summed E-state index contributed by atoms with van der Waals surface area (Å²) in [5.41, 5.74) is 0.471. The molecule has 1 aromatic heterocycles. The van der Waals surface area contributed by atoms with Crippen LogP contribution >= 0.6 is 0 Å². The van der Waals surface area contributed by atoms with Crippen molar-refractivity contribution in [2.45, 2.75) is 26.4 Å². The van der Waals surface area contributed by atoms with Crippen molar-refractivity contribution >= 4 is 0 Å². The van der Waals surface area contributed by atoms with Crippen LogP contribution < -0.4 is 9.47 Å². The summed E-state index contributed by atoms with van der Waals surface area (Å²) in [6.07, 6.45) is 1.70. The molecule has 2 rings (SSSR count). The van der Waals surface area contributed by atoms with E-state index >= 15 is 0 Å². The molecule has 0 amide bonds. The van der Waals surface area contributed by atoms with Gasteiger partial charge >= 0.3 is 0 Å². The summed E-state index contributed by atoms with van der Waals surface area (Å²) in [7, 11) is 1.54. The molecule has 0 aliphatic carbocycles. The molecule has 0 fully saturated rings. The summed E-state index contributed by atoms with van der Waals surface area (Å²) in [5.74, 6) is 2.19. The predicted molar refractivity (Wildman–Crippen MR) is 70.3 cm³/mol. The van der Waals surface area contributed by atoms with Crippen molar-refractivity contribution in [1.82, 2.24) is 10.1 Å². The van der Waals surface area contributed by atoms with Crippen LogP contribution in [0.15, 0.2) is 22.7 Å². The summed E-state index contributed by atoms with van der Waals surface area (Å²) >= 11 is 0. The van der Waals surface area contributed by atoms with Gasteiger partial charge in [-0.15, -0.1) is 0 Å². The number of aryl methyl sites for hydroxylation is 1. The molecule has 20 heavy (non-hydrogen) atoms. The lowest BCUT2D eigenvalue weighted by molar-refractivity contribution is 0.283. The molecule has 0 saturated carbocycles. The topological polar surface area (TPSA) is 81.2 Å². The van der Waals surface area contributed by atoms with E-state index in [1.165, 1.54) is 7.11 Å². The first kappa shape index (κ1) is 13.9. The number of rotatable bonds is 6. The van der Waals surface area contributed by atoms with Crippen LogP contribution in [0.5, 0.6) is 11.5 Å². The Kier molecular flexibility index (Phi) is 4.56. The van der Waals surface area contributed by atoms with Gasteiger partial charge in [0.2, 0.25) is 11.7 Å². The molecular formula is C14H15N3O3. The van der Waals surface area contributed by atoms with E-state index in [9.17, 15) is 0 Å². The van der Waals surface area contributed by atoms with Crippen LogP contribution in [0.4, 0.5) is 0 Å². The quantitative estimate of drug-likeness (QED) is 0.804. The Morgan fingerprint density at radius 2 is 2.10 bits per heavy atom. The highest BCUT2D eigenvalue weighted by Gasteiger charge is 2.07. The van der Waals surface area contributed by atoms with E-state index in [2.05, 4.69) is 16.2 Å². The second-order valence-electron chi connectivity index (χ2n) is 4.15. The Morgan fingerprint density at radius 1 is 1.30 bits per heavy atom. The number of hydrogen-bond acceptors (Lipinski definition) is 6. The summed E-state index contributed by atoms with van der Waals surface area (Å²) in [5, 5.41) is 12.8. The normalized spacial score (nSPS) is 10.1. The Balaban J connectivity index is 2.04. The van der Waals surface area contributed by atoms with Crippen molar-refractivity contribution in [1.29, 1.82) is 5.26 Å². The maximum atomic E-state index is 8.93. The highest BCUT2D eigenvalue weighted by Crippen LogP contribution is 2.22. The molecule has 0 aliphatic heterocycles. The van der Waals surface area contributed by atoms with Gasteiger partial charge in [0, 0.05) is 12.5 Å². The van der Waals surface area contributed by atoms with Crippen LogP contribution in [0.25, 0.3) is 0 Å². The van der Waals surface area contributed by atoms with Gasteiger partial charge in [-0.2, -0.15) is 10.2 Å². The van der Waals surface area contributed by atoms with Crippen molar-refractivity contribution in [2.24, 2.45) is 0 Å². The third kappa shape index (κ3) is 3.48. The number of aromatic nitrogens is 2. The van der Waals surface area contributed by atoms with Crippen LogP contribution in [0.2, 0.25) is 0 Å². The number of nitriles is 1. The van der Waals surface area contributed by atoms with Crippen molar-refractivity contribution in [3.63, 3.8) is 0 Å². The van der Waals surface area contributed by atoms with Crippen LogP contribution in [0, 0.1) is 11.3 Å². The van der Waals surface area contributed by atoms with E-state index in [0.717, 1.165) is 12.8 Å². The maximum Gasteiger partial charge on any atom is 0.226 e. The number of hydrogen-bond donors (Lipinski definition) is 0. The number of benzene rings is 1. The number of methoxy groups -OCH3 is 1. The molecule has 2 aromatic rings. The highest BCUT2D eigenvalue weighted by molar-refractivity contribution is 5.43. The third-order valence-corrected chi connectivity index (χ3v) is 2.59. The molecule has 1 aromatic carbocycles. The van der Waals surface area contributed by atoms with Gasteiger partial charge < -0.3 is 14.0 Å². The van der Waals surface area contributed by atoms with E-state index < -0.39 is 0 Å². The van der Waals surface area contributed by atoms with Crippen LogP contribution in [-0.4, -0.2) is 17.3 Å². The predicted octanol–water partition coefficient (Wildman–Crippen LogP) is 2.48. The lowest BCUT2D eigenvalue weighted by Gasteiger charge is -2.06. The first-order valence-electron chi connectivity index (χ1n) is 6.28. The van der Waals surface area contributed by atoms with E-state index in [1.54, 1.807) is 18.2 Å². The van der Waals surface area contributed by atoms with Crippen molar-refractivity contribution < 1.29 is 14.0 Å². The molecule has 0 spiro atoms. The molecule has 0 saturated heterocycles. The van der Waals surface area contributed by atoms with Gasteiger partial charge in [-0.1, -0.05) is 12.1 Å². The SMILES string of the molecule is CCCc1nc(COc2cc(C#N)cc(OC)c2)no1. The highest BCUT2D eigenvalue weighted by atomic mass is 16.5. The largest absolute Gasteiger partial charge is 0.497 e. The number of ether oxygens (including phenoxy) is 2. The van der Waals surface area contributed by atoms with E-state index in [-0.39, 0.29) is 6.61 Å². The molecule has 0 aliphatic rings. The molecule has 6 heteroatoms. The Bertz CT molecular complexity index is 616.